The number of urea groups is 1. The molecule has 0 aliphatic carbocycles. The highest BCUT2D eigenvalue weighted by Gasteiger charge is 2.20. The lowest BCUT2D eigenvalue weighted by Gasteiger charge is -2.12. The fourth-order valence-electron chi connectivity index (χ4n) is 1.65. The molecule has 1 atom stereocenters. The molecule has 3 amide bonds. The van der Waals surface area contributed by atoms with E-state index in [0.29, 0.717) is 0 Å². The van der Waals surface area contributed by atoms with Gasteiger partial charge in [0.2, 0.25) is 0 Å². The number of rotatable bonds is 4. The van der Waals surface area contributed by atoms with Gasteiger partial charge in [0.25, 0.3) is 5.91 Å². The number of carbonyl (C=O) groups is 3. The Morgan fingerprint density at radius 3 is 2.48 bits per heavy atom. The molecule has 0 fully saturated rings. The van der Waals surface area contributed by atoms with Crippen molar-refractivity contribution in [2.24, 2.45) is 0 Å². The van der Waals surface area contributed by atoms with Crippen LogP contribution in [0.25, 0.3) is 5.69 Å². The first-order chi connectivity index (χ1) is 11.0. The number of hydrogen-bond acceptors (Lipinski definition) is 6. The van der Waals surface area contributed by atoms with Crippen LogP contribution >= 0.6 is 0 Å². The largest absolute Gasteiger partial charge is 0.449 e. The Hall–Kier alpha value is -3.23. The van der Waals surface area contributed by atoms with Crippen molar-refractivity contribution in [1.82, 2.24) is 25.4 Å². The average Bonchev–Trinajstić information content (AvgIpc) is 3.09. The summed E-state index contributed by atoms with van der Waals surface area (Å²) in [6, 6.07) is 5.75. The molecule has 120 valence electrons. The highest BCUT2D eigenvalue weighted by molar-refractivity contribution is 5.98. The summed E-state index contributed by atoms with van der Waals surface area (Å²) < 4.78 is 6.54. The Kier molecular flexibility index (Phi) is 5.03. The van der Waals surface area contributed by atoms with Crippen LogP contribution in [0.1, 0.15) is 17.3 Å². The van der Waals surface area contributed by atoms with Gasteiger partial charge >= 0.3 is 12.0 Å². The maximum atomic E-state index is 12.0. The summed E-state index contributed by atoms with van der Waals surface area (Å²) in [5.74, 6) is -1.38. The van der Waals surface area contributed by atoms with E-state index in [1.807, 2.05) is 5.32 Å². The van der Waals surface area contributed by atoms with Crippen LogP contribution in [-0.2, 0) is 9.53 Å². The Bertz CT molecular complexity index is 696. The lowest BCUT2D eigenvalue weighted by Crippen LogP contribution is -2.43. The molecule has 2 rings (SSSR count). The van der Waals surface area contributed by atoms with Crippen LogP contribution in [0.4, 0.5) is 4.79 Å². The van der Waals surface area contributed by atoms with Gasteiger partial charge in [0.05, 0.1) is 11.3 Å². The second-order valence-corrected chi connectivity index (χ2v) is 4.50. The number of hydrogen-bond donors (Lipinski definition) is 2. The van der Waals surface area contributed by atoms with E-state index in [1.54, 1.807) is 24.3 Å². The van der Waals surface area contributed by atoms with Gasteiger partial charge < -0.3 is 10.1 Å². The highest BCUT2D eigenvalue weighted by Crippen LogP contribution is 2.10. The van der Waals surface area contributed by atoms with E-state index >= 15 is 0 Å². The Labute approximate surface area is 131 Å². The Morgan fingerprint density at radius 1 is 1.22 bits per heavy atom. The standard InChI is InChI=1S/C14H15N5O4/c1-9(12(20)18-14(22)15-2)23-13(21)10-3-5-11(6-4-10)19-8-16-7-17-19/h3-9H,1-2H3,(H2,15,18,20,22)/t9-/m0/s1. The molecule has 2 aromatic rings. The van der Waals surface area contributed by atoms with Crippen molar-refractivity contribution in [3.63, 3.8) is 0 Å². The summed E-state index contributed by atoms with van der Waals surface area (Å²) in [6.45, 7) is 1.37. The highest BCUT2D eigenvalue weighted by atomic mass is 16.5. The first kappa shape index (κ1) is 16.1. The smallest absolute Gasteiger partial charge is 0.338 e. The van der Waals surface area contributed by atoms with Crippen molar-refractivity contribution in [3.05, 3.63) is 42.5 Å². The van der Waals surface area contributed by atoms with Gasteiger partial charge in [-0.25, -0.2) is 19.3 Å². The number of imide groups is 1. The predicted octanol–water partition coefficient (Wildman–Crippen LogP) is 0.268. The van der Waals surface area contributed by atoms with Gasteiger partial charge in [-0.05, 0) is 31.2 Å². The first-order valence-corrected chi connectivity index (χ1v) is 6.70. The minimum Gasteiger partial charge on any atom is -0.449 e. The predicted molar refractivity (Wildman–Crippen MR) is 78.8 cm³/mol. The van der Waals surface area contributed by atoms with Crippen molar-refractivity contribution < 1.29 is 19.1 Å². The summed E-state index contributed by atoms with van der Waals surface area (Å²) >= 11 is 0. The van der Waals surface area contributed by atoms with Crippen LogP contribution in [-0.4, -0.2) is 45.8 Å². The van der Waals surface area contributed by atoms with E-state index in [2.05, 4.69) is 15.4 Å². The Morgan fingerprint density at radius 2 is 1.91 bits per heavy atom. The fraction of sp³-hybridized carbons (Fsp3) is 0.214. The van der Waals surface area contributed by atoms with E-state index in [9.17, 15) is 14.4 Å². The van der Waals surface area contributed by atoms with Gasteiger partial charge in [0, 0.05) is 7.05 Å². The van der Waals surface area contributed by atoms with Gasteiger partial charge in [-0.1, -0.05) is 0 Å². The SMILES string of the molecule is CNC(=O)NC(=O)[C@H](C)OC(=O)c1ccc(-n2cncn2)cc1. The van der Waals surface area contributed by atoms with E-state index in [1.165, 1.54) is 31.3 Å². The lowest BCUT2D eigenvalue weighted by atomic mass is 10.2. The normalized spacial score (nSPS) is 11.4. The van der Waals surface area contributed by atoms with Gasteiger partial charge in [0.1, 0.15) is 12.7 Å². The molecule has 0 aliphatic heterocycles. The van der Waals surface area contributed by atoms with Crippen LogP contribution in [0, 0.1) is 0 Å². The number of nitrogens with one attached hydrogen (secondary N) is 2. The Balaban J connectivity index is 1.98. The second-order valence-electron chi connectivity index (χ2n) is 4.50. The molecule has 1 aromatic heterocycles. The molecule has 0 saturated carbocycles. The number of esters is 1. The van der Waals surface area contributed by atoms with Gasteiger partial charge in [-0.15, -0.1) is 0 Å². The summed E-state index contributed by atoms with van der Waals surface area (Å²) in [6.07, 6.45) is 1.82. The van der Waals surface area contributed by atoms with Crippen LogP contribution in [0.5, 0.6) is 0 Å². The molecular formula is C14H15N5O4. The molecule has 0 spiro atoms. The summed E-state index contributed by atoms with van der Waals surface area (Å²) in [5, 5.41) is 8.23. The van der Waals surface area contributed by atoms with Crippen LogP contribution in [0.3, 0.4) is 0 Å². The third kappa shape index (κ3) is 4.13. The monoisotopic (exact) mass is 317 g/mol. The van der Waals surface area contributed by atoms with Crippen LogP contribution < -0.4 is 10.6 Å². The van der Waals surface area contributed by atoms with Gasteiger partial charge in [-0.2, -0.15) is 5.10 Å². The number of aromatic nitrogens is 3. The minimum absolute atomic E-state index is 0.272. The topological polar surface area (TPSA) is 115 Å². The van der Waals surface area contributed by atoms with E-state index in [0.717, 1.165) is 5.69 Å². The number of nitrogens with zero attached hydrogens (tertiary/aromatic N) is 3. The number of benzene rings is 1. The van der Waals surface area contributed by atoms with Crippen LogP contribution in [0.2, 0.25) is 0 Å². The zero-order valence-corrected chi connectivity index (χ0v) is 12.5. The molecule has 0 unspecified atom stereocenters. The van der Waals surface area contributed by atoms with E-state index in [-0.39, 0.29) is 5.56 Å². The third-order valence-corrected chi connectivity index (χ3v) is 2.90. The number of carbonyl (C=O) groups excluding carboxylic acids is 3. The fourth-order valence-corrected chi connectivity index (χ4v) is 1.65. The summed E-state index contributed by atoms with van der Waals surface area (Å²) in [7, 11) is 1.37. The minimum atomic E-state index is -1.10. The second kappa shape index (κ2) is 7.16. The van der Waals surface area contributed by atoms with Gasteiger partial charge in [0.15, 0.2) is 6.10 Å². The third-order valence-electron chi connectivity index (χ3n) is 2.90. The molecule has 9 heteroatoms. The molecule has 0 bridgehead atoms. The summed E-state index contributed by atoms with van der Waals surface area (Å²) in [5.41, 5.74) is 0.998. The van der Waals surface area contributed by atoms with Crippen molar-refractivity contribution in [2.75, 3.05) is 7.05 Å². The molecule has 2 N–H and O–H groups in total. The maximum Gasteiger partial charge on any atom is 0.338 e. The van der Waals surface area contributed by atoms with Crippen molar-refractivity contribution >= 4 is 17.9 Å². The quantitative estimate of drug-likeness (QED) is 0.782. The molecule has 9 nitrogen and oxygen atoms in total. The summed E-state index contributed by atoms with van der Waals surface area (Å²) in [4.78, 5) is 38.5. The van der Waals surface area contributed by atoms with Crippen molar-refractivity contribution in [3.8, 4) is 5.69 Å². The zero-order valence-electron chi connectivity index (χ0n) is 12.5. The lowest BCUT2D eigenvalue weighted by molar-refractivity contribution is -0.127. The maximum absolute atomic E-state index is 12.0. The average molecular weight is 317 g/mol. The molecule has 0 radical (unpaired) electrons. The van der Waals surface area contributed by atoms with E-state index in [4.69, 9.17) is 4.74 Å². The zero-order chi connectivity index (χ0) is 16.8. The molecule has 0 saturated heterocycles. The van der Waals surface area contributed by atoms with Crippen LogP contribution in [0.15, 0.2) is 36.9 Å². The van der Waals surface area contributed by atoms with Gasteiger partial charge in [-0.3, -0.25) is 10.1 Å². The molecule has 1 heterocycles. The molecule has 23 heavy (non-hydrogen) atoms. The van der Waals surface area contributed by atoms with E-state index < -0.39 is 24.0 Å². The number of ether oxygens (including phenoxy) is 1. The molecule has 1 aromatic carbocycles. The van der Waals surface area contributed by atoms with Crippen molar-refractivity contribution in [1.29, 1.82) is 0 Å². The number of amides is 3. The first-order valence-electron chi connectivity index (χ1n) is 6.70. The molecule has 0 aliphatic rings. The molecular weight excluding hydrogens is 302 g/mol. The van der Waals surface area contributed by atoms with Crippen molar-refractivity contribution in [2.45, 2.75) is 13.0 Å².